The van der Waals surface area contributed by atoms with Crippen LogP contribution in [0.1, 0.15) is 0 Å². The number of nitrogen functional groups attached to an aromatic ring is 1. The maximum Gasteiger partial charge on any atom is 0.122 e. The van der Waals surface area contributed by atoms with E-state index in [1.807, 2.05) is 30.3 Å². The molecule has 0 aliphatic carbocycles. The molecule has 2 aromatic carbocycles. The van der Waals surface area contributed by atoms with Gasteiger partial charge < -0.3 is 20.5 Å². The molecule has 100 valence electrons. The normalized spacial score (nSPS) is 10.1. The highest BCUT2D eigenvalue weighted by atomic mass is 79.9. The molecule has 0 spiro atoms. The molecule has 0 unspecified atom stereocenters. The summed E-state index contributed by atoms with van der Waals surface area (Å²) in [4.78, 5) is 0. The molecule has 4 nitrogen and oxygen atoms in total. The SMILES string of the molecule is COc1cc(Br)cc(Nc2ccc(OC)cc2N)c1. The number of halogens is 1. The Labute approximate surface area is 120 Å². The lowest BCUT2D eigenvalue weighted by Gasteiger charge is -2.12. The van der Waals surface area contributed by atoms with E-state index in [0.29, 0.717) is 5.69 Å². The molecule has 0 fully saturated rings. The first-order valence-electron chi connectivity index (χ1n) is 5.67. The lowest BCUT2D eigenvalue weighted by molar-refractivity contribution is 0.414. The molecule has 5 heteroatoms. The first kappa shape index (κ1) is 13.5. The number of benzene rings is 2. The standard InChI is InChI=1S/C14H15BrN2O2/c1-18-11-3-4-14(13(16)8-11)17-10-5-9(15)6-12(7-10)19-2/h3-8,17H,16H2,1-2H3. The molecule has 0 aromatic heterocycles. The number of rotatable bonds is 4. The Balaban J connectivity index is 2.28. The quantitative estimate of drug-likeness (QED) is 0.841. The van der Waals surface area contributed by atoms with Crippen molar-refractivity contribution >= 4 is 33.0 Å². The van der Waals surface area contributed by atoms with Crippen molar-refractivity contribution in [3.05, 3.63) is 40.9 Å². The van der Waals surface area contributed by atoms with Crippen molar-refractivity contribution in [1.29, 1.82) is 0 Å². The summed E-state index contributed by atoms with van der Waals surface area (Å²) < 4.78 is 11.3. The maximum absolute atomic E-state index is 5.97. The number of hydrogen-bond acceptors (Lipinski definition) is 4. The summed E-state index contributed by atoms with van der Waals surface area (Å²) in [6.45, 7) is 0. The minimum absolute atomic E-state index is 0.623. The highest BCUT2D eigenvalue weighted by molar-refractivity contribution is 9.10. The molecule has 3 N–H and O–H groups in total. The lowest BCUT2D eigenvalue weighted by Crippen LogP contribution is -1.97. The van der Waals surface area contributed by atoms with Gasteiger partial charge in [0, 0.05) is 22.3 Å². The van der Waals surface area contributed by atoms with Gasteiger partial charge in [0.15, 0.2) is 0 Å². The van der Waals surface area contributed by atoms with Crippen LogP contribution in [-0.4, -0.2) is 14.2 Å². The maximum atomic E-state index is 5.97. The topological polar surface area (TPSA) is 56.5 Å². The molecule has 0 aliphatic heterocycles. The zero-order chi connectivity index (χ0) is 13.8. The van der Waals surface area contributed by atoms with Gasteiger partial charge in [0.1, 0.15) is 11.5 Å². The minimum atomic E-state index is 0.623. The van der Waals surface area contributed by atoms with E-state index in [2.05, 4.69) is 21.2 Å². The zero-order valence-corrected chi connectivity index (χ0v) is 12.3. The summed E-state index contributed by atoms with van der Waals surface area (Å²) in [5, 5.41) is 3.25. The number of methoxy groups -OCH3 is 2. The van der Waals surface area contributed by atoms with E-state index in [1.165, 1.54) is 0 Å². The van der Waals surface area contributed by atoms with E-state index in [0.717, 1.165) is 27.3 Å². The summed E-state index contributed by atoms with van der Waals surface area (Å²) in [5.74, 6) is 1.50. The Hall–Kier alpha value is -1.88. The van der Waals surface area contributed by atoms with Gasteiger partial charge in [-0.1, -0.05) is 15.9 Å². The third-order valence-electron chi connectivity index (χ3n) is 2.64. The van der Waals surface area contributed by atoms with Gasteiger partial charge in [0.2, 0.25) is 0 Å². The zero-order valence-electron chi connectivity index (χ0n) is 10.7. The van der Waals surface area contributed by atoms with E-state index in [1.54, 1.807) is 20.3 Å². The Morgan fingerprint density at radius 1 is 1.00 bits per heavy atom. The van der Waals surface area contributed by atoms with Crippen molar-refractivity contribution in [3.63, 3.8) is 0 Å². The van der Waals surface area contributed by atoms with Crippen LogP contribution < -0.4 is 20.5 Å². The van der Waals surface area contributed by atoms with Crippen LogP contribution in [0.2, 0.25) is 0 Å². The van der Waals surface area contributed by atoms with Gasteiger partial charge in [-0.05, 0) is 24.3 Å². The third-order valence-corrected chi connectivity index (χ3v) is 3.10. The number of nitrogens with two attached hydrogens (primary N) is 1. The van der Waals surface area contributed by atoms with Gasteiger partial charge in [-0.25, -0.2) is 0 Å². The van der Waals surface area contributed by atoms with Crippen LogP contribution in [-0.2, 0) is 0 Å². The highest BCUT2D eigenvalue weighted by Crippen LogP contribution is 2.30. The van der Waals surface area contributed by atoms with Crippen molar-refractivity contribution < 1.29 is 9.47 Å². The molecule has 0 amide bonds. The number of anilines is 3. The smallest absolute Gasteiger partial charge is 0.122 e. The Morgan fingerprint density at radius 3 is 2.37 bits per heavy atom. The lowest BCUT2D eigenvalue weighted by atomic mass is 10.2. The van der Waals surface area contributed by atoms with Crippen LogP contribution in [0.3, 0.4) is 0 Å². The molecule has 2 rings (SSSR count). The fraction of sp³-hybridized carbons (Fsp3) is 0.143. The summed E-state index contributed by atoms with van der Waals surface area (Å²) in [6.07, 6.45) is 0. The van der Waals surface area contributed by atoms with Gasteiger partial charge in [0.25, 0.3) is 0 Å². The molecule has 2 aromatic rings. The largest absolute Gasteiger partial charge is 0.497 e. The average molecular weight is 323 g/mol. The summed E-state index contributed by atoms with van der Waals surface area (Å²) in [6, 6.07) is 11.2. The Bertz CT molecular complexity index is 588. The molecule has 0 atom stereocenters. The second kappa shape index (κ2) is 5.84. The van der Waals surface area contributed by atoms with Gasteiger partial charge in [-0.15, -0.1) is 0 Å². The second-order valence-corrected chi connectivity index (χ2v) is 4.87. The van der Waals surface area contributed by atoms with Gasteiger partial charge in [-0.3, -0.25) is 0 Å². The summed E-state index contributed by atoms with van der Waals surface area (Å²) in [5.41, 5.74) is 8.30. The summed E-state index contributed by atoms with van der Waals surface area (Å²) in [7, 11) is 3.24. The molecule has 0 bridgehead atoms. The van der Waals surface area contributed by atoms with Crippen molar-refractivity contribution in [2.45, 2.75) is 0 Å². The molecule has 0 saturated heterocycles. The monoisotopic (exact) mass is 322 g/mol. The predicted octanol–water partition coefficient (Wildman–Crippen LogP) is 3.79. The van der Waals surface area contributed by atoms with Gasteiger partial charge in [0.05, 0.1) is 25.6 Å². The van der Waals surface area contributed by atoms with E-state index in [-0.39, 0.29) is 0 Å². The van der Waals surface area contributed by atoms with Crippen LogP contribution in [0.25, 0.3) is 0 Å². The third kappa shape index (κ3) is 3.32. The fourth-order valence-corrected chi connectivity index (χ4v) is 2.16. The van der Waals surface area contributed by atoms with Gasteiger partial charge in [-0.2, -0.15) is 0 Å². The van der Waals surface area contributed by atoms with Crippen LogP contribution in [0.4, 0.5) is 17.1 Å². The van der Waals surface area contributed by atoms with Crippen molar-refractivity contribution in [2.75, 3.05) is 25.3 Å². The minimum Gasteiger partial charge on any atom is -0.497 e. The molecule has 0 heterocycles. The molecule has 0 saturated carbocycles. The molecular weight excluding hydrogens is 308 g/mol. The highest BCUT2D eigenvalue weighted by Gasteiger charge is 2.04. The predicted molar refractivity (Wildman–Crippen MR) is 81.4 cm³/mol. The molecule has 19 heavy (non-hydrogen) atoms. The molecular formula is C14H15BrN2O2. The fourth-order valence-electron chi connectivity index (χ4n) is 1.69. The van der Waals surface area contributed by atoms with Crippen LogP contribution in [0, 0.1) is 0 Å². The number of hydrogen-bond donors (Lipinski definition) is 2. The van der Waals surface area contributed by atoms with Crippen LogP contribution in [0.15, 0.2) is 40.9 Å². The molecule has 0 aliphatic rings. The van der Waals surface area contributed by atoms with Crippen molar-refractivity contribution in [3.8, 4) is 11.5 Å². The number of ether oxygens (including phenoxy) is 2. The second-order valence-electron chi connectivity index (χ2n) is 3.96. The van der Waals surface area contributed by atoms with Crippen LogP contribution >= 0.6 is 15.9 Å². The summed E-state index contributed by atoms with van der Waals surface area (Å²) >= 11 is 3.44. The van der Waals surface area contributed by atoms with E-state index in [9.17, 15) is 0 Å². The van der Waals surface area contributed by atoms with E-state index >= 15 is 0 Å². The van der Waals surface area contributed by atoms with Crippen molar-refractivity contribution in [1.82, 2.24) is 0 Å². The van der Waals surface area contributed by atoms with E-state index < -0.39 is 0 Å². The van der Waals surface area contributed by atoms with Gasteiger partial charge >= 0.3 is 0 Å². The van der Waals surface area contributed by atoms with E-state index in [4.69, 9.17) is 15.2 Å². The van der Waals surface area contributed by atoms with Crippen LogP contribution in [0.5, 0.6) is 11.5 Å². The first-order chi connectivity index (χ1) is 9.12. The Kier molecular flexibility index (Phi) is 4.16. The van der Waals surface area contributed by atoms with Crippen molar-refractivity contribution in [2.24, 2.45) is 0 Å². The molecule has 0 radical (unpaired) electrons. The first-order valence-corrected chi connectivity index (χ1v) is 6.47. The number of nitrogens with one attached hydrogen (secondary N) is 1. The average Bonchev–Trinajstić information content (AvgIpc) is 2.40. The Morgan fingerprint density at radius 2 is 1.74 bits per heavy atom.